The average molecular weight is 361 g/mol. The molecule has 0 bridgehead atoms. The number of benzene rings is 1. The van der Waals surface area contributed by atoms with Crippen molar-refractivity contribution >= 4 is 10.0 Å². The molecule has 132 valence electrons. The van der Waals surface area contributed by atoms with Crippen molar-refractivity contribution in [2.24, 2.45) is 7.05 Å². The number of sulfonamides is 1. The number of aryl methyl sites for hydroxylation is 1. The zero-order valence-corrected chi connectivity index (χ0v) is 14.1. The molecule has 0 unspecified atom stereocenters. The largest absolute Gasteiger partial charge is 0.416 e. The standard InChI is InChI=1S/C15H18F3N3O2S/c1-3-21(10-13-8-19-20(2)9-13)24(22,23)11-12-5-4-6-14(7-12)15(16,17)18/h4-9H,3,10-11H2,1-2H3. The van der Waals surface area contributed by atoms with E-state index in [0.717, 1.165) is 12.1 Å². The van der Waals surface area contributed by atoms with Crippen LogP contribution in [0.25, 0.3) is 0 Å². The van der Waals surface area contributed by atoms with Crippen molar-refractivity contribution in [3.8, 4) is 0 Å². The highest BCUT2D eigenvalue weighted by Gasteiger charge is 2.31. The van der Waals surface area contributed by atoms with Crippen LogP contribution in [-0.2, 0) is 35.5 Å². The first-order valence-electron chi connectivity index (χ1n) is 7.23. The van der Waals surface area contributed by atoms with Gasteiger partial charge < -0.3 is 0 Å². The van der Waals surface area contributed by atoms with Gasteiger partial charge in [-0.05, 0) is 11.6 Å². The van der Waals surface area contributed by atoms with Crippen molar-refractivity contribution in [1.82, 2.24) is 14.1 Å². The normalized spacial score (nSPS) is 12.8. The lowest BCUT2D eigenvalue weighted by Gasteiger charge is -2.20. The van der Waals surface area contributed by atoms with Crippen LogP contribution in [0, 0.1) is 0 Å². The monoisotopic (exact) mass is 361 g/mol. The fraction of sp³-hybridized carbons (Fsp3) is 0.400. The van der Waals surface area contributed by atoms with Gasteiger partial charge in [-0.15, -0.1) is 0 Å². The number of aromatic nitrogens is 2. The van der Waals surface area contributed by atoms with Crippen LogP contribution < -0.4 is 0 Å². The molecule has 0 saturated heterocycles. The van der Waals surface area contributed by atoms with E-state index in [4.69, 9.17) is 0 Å². The quantitative estimate of drug-likeness (QED) is 0.795. The third-order valence-electron chi connectivity index (χ3n) is 3.47. The Morgan fingerprint density at radius 1 is 1.25 bits per heavy atom. The molecule has 0 radical (unpaired) electrons. The lowest BCUT2D eigenvalue weighted by Crippen LogP contribution is -2.31. The number of alkyl halides is 3. The molecule has 2 rings (SSSR count). The summed E-state index contributed by atoms with van der Waals surface area (Å²) in [5.41, 5.74) is -0.0352. The van der Waals surface area contributed by atoms with Crippen LogP contribution in [0.15, 0.2) is 36.7 Å². The van der Waals surface area contributed by atoms with Crippen LogP contribution in [0.5, 0.6) is 0 Å². The summed E-state index contributed by atoms with van der Waals surface area (Å²) in [6.07, 6.45) is -1.25. The molecule has 1 aromatic carbocycles. The molecule has 5 nitrogen and oxygen atoms in total. The molecular formula is C15H18F3N3O2S. The summed E-state index contributed by atoms with van der Waals surface area (Å²) in [7, 11) is -2.03. The fourth-order valence-electron chi connectivity index (χ4n) is 2.30. The molecule has 0 aliphatic rings. The van der Waals surface area contributed by atoms with Crippen LogP contribution in [0.2, 0.25) is 0 Å². The Morgan fingerprint density at radius 3 is 2.50 bits per heavy atom. The van der Waals surface area contributed by atoms with E-state index in [0.29, 0.717) is 5.56 Å². The predicted molar refractivity (Wildman–Crippen MR) is 83.4 cm³/mol. The van der Waals surface area contributed by atoms with Crippen LogP contribution in [0.3, 0.4) is 0 Å². The van der Waals surface area contributed by atoms with Crippen molar-refractivity contribution in [2.45, 2.75) is 25.4 Å². The molecule has 0 aliphatic carbocycles. The maximum Gasteiger partial charge on any atom is 0.416 e. The first kappa shape index (κ1) is 18.5. The zero-order valence-electron chi connectivity index (χ0n) is 13.3. The van der Waals surface area contributed by atoms with Gasteiger partial charge in [-0.2, -0.15) is 22.6 Å². The molecular weight excluding hydrogens is 343 g/mol. The van der Waals surface area contributed by atoms with E-state index in [9.17, 15) is 21.6 Å². The lowest BCUT2D eigenvalue weighted by atomic mass is 10.1. The van der Waals surface area contributed by atoms with Gasteiger partial charge in [0.25, 0.3) is 0 Å². The van der Waals surface area contributed by atoms with E-state index in [1.54, 1.807) is 31.0 Å². The summed E-state index contributed by atoms with van der Waals surface area (Å²) < 4.78 is 66.1. The number of rotatable bonds is 6. The maximum atomic E-state index is 12.7. The van der Waals surface area contributed by atoms with Gasteiger partial charge in [0.05, 0.1) is 17.5 Å². The lowest BCUT2D eigenvalue weighted by molar-refractivity contribution is -0.137. The van der Waals surface area contributed by atoms with Crippen molar-refractivity contribution in [3.63, 3.8) is 0 Å². The Labute approximate surface area is 138 Å². The van der Waals surface area contributed by atoms with Crippen LogP contribution in [-0.4, -0.2) is 29.0 Å². The van der Waals surface area contributed by atoms with Crippen molar-refractivity contribution in [2.75, 3.05) is 6.54 Å². The van der Waals surface area contributed by atoms with Crippen molar-refractivity contribution in [1.29, 1.82) is 0 Å². The van der Waals surface area contributed by atoms with Crippen molar-refractivity contribution < 1.29 is 21.6 Å². The van der Waals surface area contributed by atoms with E-state index in [2.05, 4.69) is 5.10 Å². The first-order chi connectivity index (χ1) is 11.1. The van der Waals surface area contributed by atoms with Gasteiger partial charge in [0.15, 0.2) is 0 Å². The second-order valence-electron chi connectivity index (χ2n) is 5.40. The Hall–Kier alpha value is -1.87. The minimum Gasteiger partial charge on any atom is -0.275 e. The second-order valence-corrected chi connectivity index (χ2v) is 7.37. The maximum absolute atomic E-state index is 12.7. The van der Waals surface area contributed by atoms with Crippen molar-refractivity contribution in [3.05, 3.63) is 53.3 Å². The molecule has 0 atom stereocenters. The molecule has 2 aromatic rings. The first-order valence-corrected chi connectivity index (χ1v) is 8.84. The van der Waals surface area contributed by atoms with Gasteiger partial charge in [0.1, 0.15) is 0 Å². The third kappa shape index (κ3) is 4.57. The van der Waals surface area contributed by atoms with E-state index in [1.807, 2.05) is 0 Å². The van der Waals surface area contributed by atoms with Gasteiger partial charge >= 0.3 is 6.18 Å². The summed E-state index contributed by atoms with van der Waals surface area (Å²) in [5.74, 6) is -0.481. The minimum atomic E-state index is -4.50. The Bertz CT molecular complexity index is 800. The highest BCUT2D eigenvalue weighted by Crippen LogP contribution is 2.30. The summed E-state index contributed by atoms with van der Waals surface area (Å²) in [5, 5.41) is 3.98. The SMILES string of the molecule is CCN(Cc1cnn(C)c1)S(=O)(=O)Cc1cccc(C(F)(F)F)c1. The average Bonchev–Trinajstić information content (AvgIpc) is 2.89. The Balaban J connectivity index is 2.20. The van der Waals surface area contributed by atoms with E-state index in [-0.39, 0.29) is 18.7 Å². The van der Waals surface area contributed by atoms with Gasteiger partial charge in [0.2, 0.25) is 10.0 Å². The second kappa shape index (κ2) is 6.94. The predicted octanol–water partition coefficient (Wildman–Crippen LogP) is 2.79. The number of halogens is 3. The third-order valence-corrected chi connectivity index (χ3v) is 5.34. The fourth-order valence-corrected chi connectivity index (χ4v) is 3.83. The Kier molecular flexibility index (Phi) is 5.34. The molecule has 0 aliphatic heterocycles. The van der Waals surface area contributed by atoms with Crippen LogP contribution in [0.4, 0.5) is 13.2 Å². The molecule has 1 heterocycles. The smallest absolute Gasteiger partial charge is 0.275 e. The summed E-state index contributed by atoms with van der Waals surface area (Å²) >= 11 is 0. The van der Waals surface area contributed by atoms with E-state index < -0.39 is 27.5 Å². The van der Waals surface area contributed by atoms with Gasteiger partial charge in [-0.3, -0.25) is 4.68 Å². The molecule has 0 N–H and O–H groups in total. The zero-order chi connectivity index (χ0) is 18.0. The van der Waals surface area contributed by atoms with E-state index >= 15 is 0 Å². The topological polar surface area (TPSA) is 55.2 Å². The molecule has 0 saturated carbocycles. The number of nitrogens with zero attached hydrogens (tertiary/aromatic N) is 3. The Morgan fingerprint density at radius 2 is 1.96 bits per heavy atom. The molecule has 24 heavy (non-hydrogen) atoms. The van der Waals surface area contributed by atoms with Crippen LogP contribution in [0.1, 0.15) is 23.6 Å². The summed E-state index contributed by atoms with van der Waals surface area (Å²) in [6, 6.07) is 4.38. The summed E-state index contributed by atoms with van der Waals surface area (Å²) in [6.45, 7) is 2.03. The number of hydrogen-bond donors (Lipinski definition) is 0. The van der Waals surface area contributed by atoms with E-state index in [1.165, 1.54) is 16.4 Å². The molecule has 0 amide bonds. The molecule has 0 spiro atoms. The highest BCUT2D eigenvalue weighted by atomic mass is 32.2. The van der Waals surface area contributed by atoms with Gasteiger partial charge in [0, 0.05) is 31.9 Å². The highest BCUT2D eigenvalue weighted by molar-refractivity contribution is 7.88. The molecule has 9 heteroatoms. The molecule has 1 aromatic heterocycles. The van der Waals surface area contributed by atoms with Gasteiger partial charge in [-0.1, -0.05) is 25.1 Å². The number of hydrogen-bond acceptors (Lipinski definition) is 3. The minimum absolute atomic E-state index is 0.106. The summed E-state index contributed by atoms with van der Waals surface area (Å²) in [4.78, 5) is 0. The van der Waals surface area contributed by atoms with Gasteiger partial charge in [-0.25, -0.2) is 8.42 Å². The van der Waals surface area contributed by atoms with Crippen LogP contribution >= 0.6 is 0 Å². The molecule has 0 fully saturated rings.